The molecule has 0 radical (unpaired) electrons. The molecule has 0 bridgehead atoms. The number of aromatic nitrogens is 4. The Labute approximate surface area is 105 Å². The van der Waals surface area contributed by atoms with Gasteiger partial charge in [0.25, 0.3) is 5.78 Å². The molecule has 0 aliphatic rings. The van der Waals surface area contributed by atoms with Crippen molar-refractivity contribution in [2.75, 3.05) is 23.9 Å². The third-order valence-electron chi connectivity index (χ3n) is 2.53. The number of rotatable bonds is 5. The lowest BCUT2D eigenvalue weighted by Crippen LogP contribution is -2.28. The molecule has 0 aromatic carbocycles. The Morgan fingerprint density at radius 3 is 2.94 bits per heavy atom. The summed E-state index contributed by atoms with van der Waals surface area (Å²) in [4.78, 5) is 10.7. The largest absolute Gasteiger partial charge is 0.355 e. The Morgan fingerprint density at radius 2 is 2.24 bits per heavy atom. The molecule has 0 fully saturated rings. The number of alkyl halides is 1. The van der Waals surface area contributed by atoms with Gasteiger partial charge in [0.2, 0.25) is 0 Å². The van der Waals surface area contributed by atoms with Crippen molar-refractivity contribution in [1.29, 1.82) is 0 Å². The Bertz CT molecular complexity index is 490. The summed E-state index contributed by atoms with van der Waals surface area (Å²) in [6.45, 7) is 5.86. The summed E-state index contributed by atoms with van der Waals surface area (Å²) in [6.07, 6.45) is 2.59. The van der Waals surface area contributed by atoms with E-state index in [1.807, 2.05) is 13.0 Å². The number of nitrogens with zero attached hydrogens (tertiary/aromatic N) is 5. The number of fused-ring (bicyclic) bond motifs is 1. The molecule has 2 heterocycles. The third-order valence-corrected chi connectivity index (χ3v) is 2.70. The molecule has 0 N–H and O–H groups in total. The highest BCUT2D eigenvalue weighted by Crippen LogP contribution is 2.16. The van der Waals surface area contributed by atoms with E-state index in [2.05, 4.69) is 26.9 Å². The highest BCUT2D eigenvalue weighted by molar-refractivity contribution is 6.18. The van der Waals surface area contributed by atoms with E-state index in [4.69, 9.17) is 11.6 Å². The van der Waals surface area contributed by atoms with Crippen LogP contribution in [0.3, 0.4) is 0 Å². The minimum atomic E-state index is 0.595. The molecular weight excluding hydrogens is 238 g/mol. The van der Waals surface area contributed by atoms with Crippen LogP contribution >= 0.6 is 11.6 Å². The molecule has 0 spiro atoms. The molecule has 2 rings (SSSR count). The van der Waals surface area contributed by atoms with Gasteiger partial charge in [-0.05, 0) is 13.3 Å². The Balaban J connectivity index is 2.46. The fraction of sp³-hybridized carbons (Fsp3) is 0.545. The van der Waals surface area contributed by atoms with Gasteiger partial charge in [0, 0.05) is 30.7 Å². The topological polar surface area (TPSA) is 46.3 Å². The van der Waals surface area contributed by atoms with Gasteiger partial charge in [-0.3, -0.25) is 0 Å². The zero-order chi connectivity index (χ0) is 12.3. The lowest BCUT2D eigenvalue weighted by molar-refractivity contribution is 0.752. The first-order valence-electron chi connectivity index (χ1n) is 5.74. The number of halogens is 1. The van der Waals surface area contributed by atoms with Gasteiger partial charge in [-0.1, -0.05) is 6.92 Å². The van der Waals surface area contributed by atoms with Crippen LogP contribution in [0.5, 0.6) is 0 Å². The van der Waals surface area contributed by atoms with E-state index in [-0.39, 0.29) is 0 Å². The molecule has 92 valence electrons. The zero-order valence-electron chi connectivity index (χ0n) is 10.1. The number of hydrogen-bond donors (Lipinski definition) is 0. The van der Waals surface area contributed by atoms with Crippen LogP contribution in [0, 0.1) is 6.92 Å². The molecule has 0 saturated carbocycles. The van der Waals surface area contributed by atoms with Crippen LogP contribution in [-0.2, 0) is 0 Å². The van der Waals surface area contributed by atoms with E-state index < -0.39 is 0 Å². The Morgan fingerprint density at radius 1 is 1.41 bits per heavy atom. The maximum atomic E-state index is 5.84. The monoisotopic (exact) mass is 253 g/mol. The summed E-state index contributed by atoms with van der Waals surface area (Å²) in [5.74, 6) is 2.24. The van der Waals surface area contributed by atoms with Gasteiger partial charge in [-0.2, -0.15) is 14.6 Å². The maximum absolute atomic E-state index is 5.84. The quantitative estimate of drug-likeness (QED) is 0.764. The summed E-state index contributed by atoms with van der Waals surface area (Å²) in [5, 5.41) is 4.20. The minimum absolute atomic E-state index is 0.595. The van der Waals surface area contributed by atoms with E-state index >= 15 is 0 Å². The summed E-state index contributed by atoms with van der Waals surface area (Å²) in [5.41, 5.74) is 0.941. The molecule has 0 saturated heterocycles. The van der Waals surface area contributed by atoms with Crippen LogP contribution in [0.25, 0.3) is 5.78 Å². The predicted octanol–water partition coefficient (Wildman–Crippen LogP) is 1.89. The van der Waals surface area contributed by atoms with Gasteiger partial charge in [-0.25, -0.2) is 4.98 Å². The van der Waals surface area contributed by atoms with E-state index in [1.54, 1.807) is 4.52 Å². The van der Waals surface area contributed by atoms with E-state index in [0.717, 1.165) is 31.0 Å². The summed E-state index contributed by atoms with van der Waals surface area (Å²) in [6, 6.07) is 2.02. The highest BCUT2D eigenvalue weighted by atomic mass is 35.5. The van der Waals surface area contributed by atoms with Crippen LogP contribution in [0.4, 0.5) is 5.82 Å². The molecule has 5 nitrogen and oxygen atoms in total. The standard InChI is InChI=1S/C11H16ClN5/c1-3-5-16(6-4-12)10-7-9(2)15-11-13-8-14-17(10)11/h7-8H,3-6H2,1-2H3. The molecule has 2 aromatic rings. The van der Waals surface area contributed by atoms with Crippen molar-refractivity contribution in [1.82, 2.24) is 19.6 Å². The van der Waals surface area contributed by atoms with Gasteiger partial charge < -0.3 is 4.90 Å². The first-order chi connectivity index (χ1) is 8.26. The molecule has 0 amide bonds. The van der Waals surface area contributed by atoms with Gasteiger partial charge in [-0.15, -0.1) is 11.6 Å². The Kier molecular flexibility index (Phi) is 3.78. The van der Waals surface area contributed by atoms with Crippen LogP contribution in [0.2, 0.25) is 0 Å². The third kappa shape index (κ3) is 2.49. The first-order valence-corrected chi connectivity index (χ1v) is 6.28. The molecule has 2 aromatic heterocycles. The SMILES string of the molecule is CCCN(CCCl)c1cc(C)nc2ncnn12. The maximum Gasteiger partial charge on any atom is 0.254 e. The number of anilines is 1. The van der Waals surface area contributed by atoms with Crippen LogP contribution in [0.1, 0.15) is 19.0 Å². The van der Waals surface area contributed by atoms with Crippen molar-refractivity contribution in [2.45, 2.75) is 20.3 Å². The van der Waals surface area contributed by atoms with Crippen molar-refractivity contribution in [2.24, 2.45) is 0 Å². The number of hydrogen-bond acceptors (Lipinski definition) is 4. The smallest absolute Gasteiger partial charge is 0.254 e. The van der Waals surface area contributed by atoms with Crippen molar-refractivity contribution < 1.29 is 0 Å². The van der Waals surface area contributed by atoms with Crippen molar-refractivity contribution >= 4 is 23.2 Å². The minimum Gasteiger partial charge on any atom is -0.355 e. The Hall–Kier alpha value is -1.36. The van der Waals surface area contributed by atoms with Crippen LogP contribution in [-0.4, -0.2) is 38.6 Å². The van der Waals surface area contributed by atoms with E-state index in [0.29, 0.717) is 11.7 Å². The average Bonchev–Trinajstić information content (AvgIpc) is 2.75. The molecular formula is C11H16ClN5. The van der Waals surface area contributed by atoms with E-state index in [9.17, 15) is 0 Å². The first kappa shape index (κ1) is 12.1. The second-order valence-corrected chi connectivity index (χ2v) is 4.28. The van der Waals surface area contributed by atoms with E-state index in [1.165, 1.54) is 6.33 Å². The fourth-order valence-corrected chi connectivity index (χ4v) is 2.05. The fourth-order valence-electron chi connectivity index (χ4n) is 1.85. The van der Waals surface area contributed by atoms with Gasteiger partial charge in [0.15, 0.2) is 0 Å². The molecule has 0 atom stereocenters. The van der Waals surface area contributed by atoms with Gasteiger partial charge in [0.1, 0.15) is 12.1 Å². The molecule has 0 aliphatic carbocycles. The molecule has 0 unspecified atom stereocenters. The number of aryl methyl sites for hydroxylation is 1. The second kappa shape index (κ2) is 5.31. The summed E-state index contributed by atoms with van der Waals surface area (Å²) in [7, 11) is 0. The normalized spacial score (nSPS) is 11.0. The van der Waals surface area contributed by atoms with Crippen molar-refractivity contribution in [3.63, 3.8) is 0 Å². The van der Waals surface area contributed by atoms with Crippen LogP contribution in [0.15, 0.2) is 12.4 Å². The second-order valence-electron chi connectivity index (χ2n) is 3.90. The summed E-state index contributed by atoms with van der Waals surface area (Å²) >= 11 is 5.84. The van der Waals surface area contributed by atoms with Crippen molar-refractivity contribution in [3.8, 4) is 0 Å². The average molecular weight is 254 g/mol. The lowest BCUT2D eigenvalue weighted by atomic mass is 10.3. The van der Waals surface area contributed by atoms with Gasteiger partial charge >= 0.3 is 0 Å². The zero-order valence-corrected chi connectivity index (χ0v) is 10.9. The highest BCUT2D eigenvalue weighted by Gasteiger charge is 2.12. The molecule has 17 heavy (non-hydrogen) atoms. The van der Waals surface area contributed by atoms with Crippen molar-refractivity contribution in [3.05, 3.63) is 18.1 Å². The summed E-state index contributed by atoms with van der Waals surface area (Å²) < 4.78 is 1.76. The predicted molar refractivity (Wildman–Crippen MR) is 68.7 cm³/mol. The molecule has 6 heteroatoms. The van der Waals surface area contributed by atoms with Gasteiger partial charge in [0.05, 0.1) is 0 Å². The van der Waals surface area contributed by atoms with Crippen LogP contribution < -0.4 is 4.90 Å². The lowest BCUT2D eigenvalue weighted by Gasteiger charge is -2.23. The molecule has 0 aliphatic heterocycles.